The first-order valence-electron chi connectivity index (χ1n) is 5.74. The van der Waals surface area contributed by atoms with Crippen molar-refractivity contribution in [3.8, 4) is 0 Å². The Bertz CT molecular complexity index is 611. The van der Waals surface area contributed by atoms with Gasteiger partial charge in [0.1, 0.15) is 23.6 Å². The molecular formula is C12H12F2N4OS. The third-order valence-corrected chi connectivity index (χ3v) is 3.68. The van der Waals surface area contributed by atoms with Gasteiger partial charge in [-0.2, -0.15) is 0 Å². The molecule has 0 aliphatic rings. The van der Waals surface area contributed by atoms with Crippen molar-refractivity contribution in [2.45, 2.75) is 17.3 Å². The number of hydrogen-bond acceptors (Lipinski definition) is 4. The maximum absolute atomic E-state index is 13.4. The number of anilines is 1. The van der Waals surface area contributed by atoms with Gasteiger partial charge < -0.3 is 9.88 Å². The zero-order valence-electron chi connectivity index (χ0n) is 10.8. The van der Waals surface area contributed by atoms with Crippen LogP contribution in [0.15, 0.2) is 29.7 Å². The number of hydrogen-bond donors (Lipinski definition) is 1. The second kappa shape index (κ2) is 6.00. The van der Waals surface area contributed by atoms with Crippen LogP contribution >= 0.6 is 11.8 Å². The minimum Gasteiger partial charge on any atom is -0.320 e. The number of rotatable bonds is 4. The number of amides is 1. The third kappa shape index (κ3) is 3.13. The quantitative estimate of drug-likeness (QED) is 0.879. The lowest BCUT2D eigenvalue weighted by Gasteiger charge is -2.12. The molecule has 1 heterocycles. The van der Waals surface area contributed by atoms with E-state index in [1.807, 2.05) is 0 Å². The van der Waals surface area contributed by atoms with E-state index in [4.69, 9.17) is 0 Å². The molecule has 20 heavy (non-hydrogen) atoms. The van der Waals surface area contributed by atoms with Crippen LogP contribution in [0.1, 0.15) is 6.92 Å². The first-order valence-corrected chi connectivity index (χ1v) is 6.62. The second-order valence-electron chi connectivity index (χ2n) is 4.07. The van der Waals surface area contributed by atoms with E-state index in [1.165, 1.54) is 12.4 Å². The van der Waals surface area contributed by atoms with E-state index >= 15 is 0 Å². The van der Waals surface area contributed by atoms with Gasteiger partial charge in [0.05, 0.1) is 5.25 Å². The molecule has 1 aromatic carbocycles. The minimum atomic E-state index is -0.811. The fourth-order valence-corrected chi connectivity index (χ4v) is 2.22. The number of aromatic nitrogens is 3. The topological polar surface area (TPSA) is 59.8 Å². The third-order valence-electron chi connectivity index (χ3n) is 2.53. The minimum absolute atomic E-state index is 0.442. The molecule has 1 unspecified atom stereocenters. The summed E-state index contributed by atoms with van der Waals surface area (Å²) >= 11 is 1.15. The molecule has 2 aromatic rings. The lowest BCUT2D eigenvalue weighted by Crippen LogP contribution is -2.24. The van der Waals surface area contributed by atoms with Crippen LogP contribution in [0.4, 0.5) is 14.5 Å². The molecule has 0 saturated carbocycles. The summed E-state index contributed by atoms with van der Waals surface area (Å²) < 4.78 is 28.5. The van der Waals surface area contributed by atoms with Crippen LogP contribution in [0.3, 0.4) is 0 Å². The molecule has 0 saturated heterocycles. The highest BCUT2D eigenvalue weighted by molar-refractivity contribution is 8.00. The number of carbonyl (C=O) groups excluding carboxylic acids is 1. The van der Waals surface area contributed by atoms with Gasteiger partial charge in [-0.05, 0) is 19.1 Å². The molecule has 0 fully saturated rings. The van der Waals surface area contributed by atoms with Crippen LogP contribution in [-0.2, 0) is 11.8 Å². The number of halogens is 2. The zero-order valence-corrected chi connectivity index (χ0v) is 11.6. The van der Waals surface area contributed by atoms with E-state index in [9.17, 15) is 13.6 Å². The lowest BCUT2D eigenvalue weighted by atomic mass is 10.3. The fourth-order valence-electron chi connectivity index (χ4n) is 1.43. The number of nitrogens with one attached hydrogen (secondary N) is 1. The van der Waals surface area contributed by atoms with Crippen molar-refractivity contribution in [2.24, 2.45) is 7.05 Å². The molecule has 1 aromatic heterocycles. The first kappa shape index (κ1) is 14.4. The Morgan fingerprint density at radius 2 is 2.05 bits per heavy atom. The van der Waals surface area contributed by atoms with E-state index in [0.717, 1.165) is 23.9 Å². The van der Waals surface area contributed by atoms with E-state index in [0.29, 0.717) is 5.16 Å². The van der Waals surface area contributed by atoms with Crippen molar-refractivity contribution in [1.82, 2.24) is 14.8 Å². The standard InChI is InChI=1S/C12H12F2N4OS/c1-7(20-12-17-15-6-18(12)2)11(19)16-10-8(13)4-3-5-9(10)14/h3-7H,1-2H3,(H,16,19). The smallest absolute Gasteiger partial charge is 0.237 e. The molecule has 1 atom stereocenters. The van der Waals surface area contributed by atoms with Crippen molar-refractivity contribution >= 4 is 23.4 Å². The Kier molecular flexibility index (Phi) is 4.33. The summed E-state index contributed by atoms with van der Waals surface area (Å²) in [7, 11) is 1.74. The summed E-state index contributed by atoms with van der Waals surface area (Å²) in [5.74, 6) is -2.13. The lowest BCUT2D eigenvalue weighted by molar-refractivity contribution is -0.115. The molecule has 1 amide bonds. The van der Waals surface area contributed by atoms with Crippen LogP contribution in [0, 0.1) is 11.6 Å². The van der Waals surface area contributed by atoms with Gasteiger partial charge in [0.2, 0.25) is 5.91 Å². The number of nitrogens with zero attached hydrogens (tertiary/aromatic N) is 3. The highest BCUT2D eigenvalue weighted by atomic mass is 32.2. The van der Waals surface area contributed by atoms with E-state index in [1.54, 1.807) is 18.5 Å². The van der Waals surface area contributed by atoms with Crippen LogP contribution in [0.25, 0.3) is 0 Å². The molecule has 0 bridgehead atoms. The normalized spacial score (nSPS) is 12.2. The maximum Gasteiger partial charge on any atom is 0.237 e. The molecule has 2 rings (SSSR count). The Morgan fingerprint density at radius 1 is 1.40 bits per heavy atom. The molecular weight excluding hydrogens is 286 g/mol. The molecule has 8 heteroatoms. The first-order chi connectivity index (χ1) is 9.49. The highest BCUT2D eigenvalue weighted by Gasteiger charge is 2.20. The van der Waals surface area contributed by atoms with Crippen molar-refractivity contribution < 1.29 is 13.6 Å². The zero-order chi connectivity index (χ0) is 14.7. The summed E-state index contributed by atoms with van der Waals surface area (Å²) in [5.41, 5.74) is -0.442. The van der Waals surface area contributed by atoms with Gasteiger partial charge in [-0.25, -0.2) is 8.78 Å². The Morgan fingerprint density at radius 3 is 2.60 bits per heavy atom. The molecule has 0 spiro atoms. The predicted octanol–water partition coefficient (Wildman–Crippen LogP) is 2.21. The van der Waals surface area contributed by atoms with Crippen LogP contribution in [0.5, 0.6) is 0 Å². The van der Waals surface area contributed by atoms with E-state index in [-0.39, 0.29) is 0 Å². The van der Waals surface area contributed by atoms with Gasteiger partial charge in [-0.15, -0.1) is 10.2 Å². The van der Waals surface area contributed by atoms with Gasteiger partial charge in [-0.1, -0.05) is 17.8 Å². The summed E-state index contributed by atoms with van der Waals surface area (Å²) in [5, 5.41) is 9.73. The number of benzene rings is 1. The summed E-state index contributed by atoms with van der Waals surface area (Å²) in [6, 6.07) is 3.40. The van der Waals surface area contributed by atoms with Crippen LogP contribution < -0.4 is 5.32 Å². The monoisotopic (exact) mass is 298 g/mol. The van der Waals surface area contributed by atoms with Crippen LogP contribution in [-0.4, -0.2) is 25.9 Å². The van der Waals surface area contributed by atoms with Gasteiger partial charge in [0, 0.05) is 7.05 Å². The van der Waals surface area contributed by atoms with Gasteiger partial charge in [-0.3, -0.25) is 4.79 Å². The summed E-state index contributed by atoms with van der Waals surface area (Å²) in [4.78, 5) is 11.9. The second-order valence-corrected chi connectivity index (χ2v) is 5.38. The maximum atomic E-state index is 13.4. The van der Waals surface area contributed by atoms with Gasteiger partial charge in [0.15, 0.2) is 5.16 Å². The molecule has 5 nitrogen and oxygen atoms in total. The van der Waals surface area contributed by atoms with Crippen LogP contribution in [0.2, 0.25) is 0 Å². The fraction of sp³-hybridized carbons (Fsp3) is 0.250. The predicted molar refractivity (Wildman–Crippen MR) is 71.3 cm³/mol. The van der Waals surface area contributed by atoms with Crippen molar-refractivity contribution in [1.29, 1.82) is 0 Å². The molecule has 0 aliphatic heterocycles. The number of para-hydroxylation sites is 1. The molecule has 0 aliphatic carbocycles. The highest BCUT2D eigenvalue weighted by Crippen LogP contribution is 2.23. The summed E-state index contributed by atoms with van der Waals surface area (Å²) in [6.07, 6.45) is 1.50. The molecule has 1 N–H and O–H groups in total. The number of aryl methyl sites for hydroxylation is 1. The summed E-state index contributed by atoms with van der Waals surface area (Å²) in [6.45, 7) is 1.62. The van der Waals surface area contributed by atoms with Crippen molar-refractivity contribution in [3.63, 3.8) is 0 Å². The average Bonchev–Trinajstić information content (AvgIpc) is 2.79. The van der Waals surface area contributed by atoms with Gasteiger partial charge in [0.25, 0.3) is 0 Å². The Hall–Kier alpha value is -1.96. The van der Waals surface area contributed by atoms with E-state index < -0.39 is 28.5 Å². The van der Waals surface area contributed by atoms with Crippen molar-refractivity contribution in [2.75, 3.05) is 5.32 Å². The molecule has 106 valence electrons. The SMILES string of the molecule is CC(Sc1nncn1C)C(=O)Nc1c(F)cccc1F. The number of carbonyl (C=O) groups is 1. The van der Waals surface area contributed by atoms with Gasteiger partial charge >= 0.3 is 0 Å². The molecule has 0 radical (unpaired) electrons. The Balaban J connectivity index is 2.06. The largest absolute Gasteiger partial charge is 0.320 e. The average molecular weight is 298 g/mol. The Labute approximate surface area is 118 Å². The van der Waals surface area contributed by atoms with Crippen molar-refractivity contribution in [3.05, 3.63) is 36.2 Å². The van der Waals surface area contributed by atoms with E-state index in [2.05, 4.69) is 15.5 Å². The number of thioether (sulfide) groups is 1.